The van der Waals surface area contributed by atoms with E-state index < -0.39 is 49.2 Å². The van der Waals surface area contributed by atoms with E-state index in [2.05, 4.69) is 0 Å². The van der Waals surface area contributed by atoms with Crippen LogP contribution in [-0.2, 0) is 10.8 Å². The minimum absolute atomic E-state index is 0.0188. The molecule has 9 heteroatoms. The van der Waals surface area contributed by atoms with E-state index in [4.69, 9.17) is 9.16 Å². The highest BCUT2D eigenvalue weighted by Crippen LogP contribution is 2.54. The monoisotopic (exact) mass is 514 g/mol. The van der Waals surface area contributed by atoms with Crippen LogP contribution in [0.25, 0.3) is 0 Å². The van der Waals surface area contributed by atoms with Crippen molar-refractivity contribution in [3.63, 3.8) is 0 Å². The minimum atomic E-state index is -2.49. The molecule has 3 unspecified atom stereocenters. The van der Waals surface area contributed by atoms with Gasteiger partial charge in [-0.15, -0.1) is 0 Å². The molecule has 2 aromatic carbocycles. The lowest BCUT2D eigenvalue weighted by atomic mass is 9.71. The number of fused-ring (bicyclic) bond motifs is 3. The molecule has 0 amide bonds. The van der Waals surface area contributed by atoms with Gasteiger partial charge in [0, 0.05) is 29.5 Å². The van der Waals surface area contributed by atoms with Crippen LogP contribution >= 0.6 is 0 Å². The molecule has 8 nitrogen and oxygen atoms in total. The van der Waals surface area contributed by atoms with E-state index in [1.807, 2.05) is 33.9 Å². The Kier molecular flexibility index (Phi) is 6.15. The average Bonchev–Trinajstić information content (AvgIpc) is 2.77. The van der Waals surface area contributed by atoms with Crippen molar-refractivity contribution in [3.05, 3.63) is 51.6 Å². The Morgan fingerprint density at radius 1 is 1.06 bits per heavy atom. The van der Waals surface area contributed by atoms with Crippen molar-refractivity contribution in [2.45, 2.75) is 76.5 Å². The number of ether oxygens (including phenoxy) is 1. The normalized spacial score (nSPS) is 22.5. The van der Waals surface area contributed by atoms with Crippen molar-refractivity contribution < 1.29 is 39.2 Å². The summed E-state index contributed by atoms with van der Waals surface area (Å²) >= 11 is 0. The standard InChI is InChI=1S/C27H34O8Si/c1-13(28)27(33)11-15-19(17(12-27)35-36(6,7)26(2,3)4)25(32)21-20(23(15)30)22(29)14-9-8-10-16(34-5)18(14)24(21)31/h8-10,13,17,28,30,32-33H,11-12H2,1-7H3. The van der Waals surface area contributed by atoms with Crippen LogP contribution in [0.4, 0.5) is 0 Å². The molecule has 3 atom stereocenters. The number of carbonyl (C=O) groups is 2. The van der Waals surface area contributed by atoms with Gasteiger partial charge in [0.2, 0.25) is 5.78 Å². The first-order chi connectivity index (χ1) is 16.6. The van der Waals surface area contributed by atoms with E-state index in [0.29, 0.717) is 0 Å². The zero-order valence-electron chi connectivity index (χ0n) is 21.7. The Bertz CT molecular complexity index is 1270. The van der Waals surface area contributed by atoms with Gasteiger partial charge < -0.3 is 29.6 Å². The number of rotatable bonds is 4. The first-order valence-electron chi connectivity index (χ1n) is 12.0. The molecule has 0 bridgehead atoms. The number of aromatic hydroxyl groups is 2. The molecule has 194 valence electrons. The molecule has 0 radical (unpaired) electrons. The van der Waals surface area contributed by atoms with E-state index in [1.54, 1.807) is 12.1 Å². The Balaban J connectivity index is 2.01. The predicted octanol–water partition coefficient (Wildman–Crippen LogP) is 4.00. The molecule has 0 spiro atoms. The minimum Gasteiger partial charge on any atom is -0.507 e. The van der Waals surface area contributed by atoms with Crippen molar-refractivity contribution in [2.24, 2.45) is 0 Å². The fourth-order valence-corrected chi connectivity index (χ4v) is 6.16. The number of hydrogen-bond acceptors (Lipinski definition) is 8. The van der Waals surface area contributed by atoms with E-state index in [1.165, 1.54) is 20.1 Å². The quantitative estimate of drug-likeness (QED) is 0.303. The number of methoxy groups -OCH3 is 1. The number of aliphatic hydroxyl groups is 2. The molecule has 4 rings (SSSR count). The largest absolute Gasteiger partial charge is 0.507 e. The van der Waals surface area contributed by atoms with Crippen molar-refractivity contribution in [1.29, 1.82) is 0 Å². The fraction of sp³-hybridized carbons (Fsp3) is 0.481. The zero-order chi connectivity index (χ0) is 27.0. The average molecular weight is 515 g/mol. The molecule has 36 heavy (non-hydrogen) atoms. The molecule has 4 N–H and O–H groups in total. The van der Waals surface area contributed by atoms with Crippen LogP contribution in [0.2, 0.25) is 18.1 Å². The van der Waals surface area contributed by atoms with Gasteiger partial charge in [0.15, 0.2) is 14.1 Å². The first kappa shape index (κ1) is 26.3. The summed E-state index contributed by atoms with van der Waals surface area (Å²) in [5.41, 5.74) is -1.97. The highest BCUT2D eigenvalue weighted by Gasteiger charge is 2.50. The Morgan fingerprint density at radius 2 is 1.67 bits per heavy atom. The summed E-state index contributed by atoms with van der Waals surface area (Å²) in [4.78, 5) is 27.2. The van der Waals surface area contributed by atoms with Gasteiger partial charge in [-0.2, -0.15) is 0 Å². The van der Waals surface area contributed by atoms with Crippen LogP contribution in [-0.4, -0.2) is 59.1 Å². The van der Waals surface area contributed by atoms with Gasteiger partial charge in [0.05, 0.1) is 41.6 Å². The van der Waals surface area contributed by atoms with Gasteiger partial charge in [0.25, 0.3) is 0 Å². The molecule has 0 saturated carbocycles. The molecule has 2 aromatic rings. The smallest absolute Gasteiger partial charge is 0.202 e. The van der Waals surface area contributed by atoms with Gasteiger partial charge in [0.1, 0.15) is 17.2 Å². The van der Waals surface area contributed by atoms with Crippen LogP contribution in [0.3, 0.4) is 0 Å². The summed E-state index contributed by atoms with van der Waals surface area (Å²) in [6.07, 6.45) is -2.39. The van der Waals surface area contributed by atoms with E-state index >= 15 is 0 Å². The number of carbonyl (C=O) groups excluding carboxylic acids is 2. The van der Waals surface area contributed by atoms with Crippen LogP contribution < -0.4 is 4.74 Å². The van der Waals surface area contributed by atoms with Crippen molar-refractivity contribution in [1.82, 2.24) is 0 Å². The third kappa shape index (κ3) is 3.76. The highest BCUT2D eigenvalue weighted by molar-refractivity contribution is 6.74. The maximum Gasteiger partial charge on any atom is 0.202 e. The van der Waals surface area contributed by atoms with Crippen molar-refractivity contribution in [3.8, 4) is 17.2 Å². The topological polar surface area (TPSA) is 134 Å². The number of benzene rings is 2. The SMILES string of the molecule is COc1cccc2c1C(=O)c1c(O)c3c(c(O)c1C2=O)CC(O)(C(C)O)CC3O[Si](C)(C)C(C)(C)C. The molecular formula is C27H34O8Si. The van der Waals surface area contributed by atoms with E-state index in [9.17, 15) is 30.0 Å². The number of ketones is 2. The van der Waals surface area contributed by atoms with Crippen LogP contribution in [0.1, 0.15) is 83.2 Å². The summed E-state index contributed by atoms with van der Waals surface area (Å²) in [6, 6.07) is 4.58. The highest BCUT2D eigenvalue weighted by atomic mass is 28.4. The Labute approximate surface area is 211 Å². The lowest BCUT2D eigenvalue weighted by molar-refractivity contribution is -0.0978. The maximum atomic E-state index is 13.7. The third-order valence-electron chi connectivity index (χ3n) is 8.13. The summed E-state index contributed by atoms with van der Waals surface area (Å²) < 4.78 is 11.9. The number of hydrogen-bond donors (Lipinski definition) is 4. The summed E-state index contributed by atoms with van der Waals surface area (Å²) in [5, 5.41) is 44.5. The second-order valence-corrected chi connectivity index (χ2v) is 16.2. The molecule has 0 fully saturated rings. The van der Waals surface area contributed by atoms with Gasteiger partial charge in [-0.3, -0.25) is 9.59 Å². The van der Waals surface area contributed by atoms with Crippen LogP contribution in [0.5, 0.6) is 17.2 Å². The molecule has 0 aromatic heterocycles. The lowest BCUT2D eigenvalue weighted by Gasteiger charge is -2.46. The zero-order valence-corrected chi connectivity index (χ0v) is 22.7. The molecule has 0 heterocycles. The second kappa shape index (κ2) is 8.41. The molecular weight excluding hydrogens is 480 g/mol. The predicted molar refractivity (Wildman–Crippen MR) is 136 cm³/mol. The molecule has 2 aliphatic carbocycles. The number of aliphatic hydroxyl groups excluding tert-OH is 1. The maximum absolute atomic E-state index is 13.7. The number of phenols is 2. The Morgan fingerprint density at radius 3 is 2.22 bits per heavy atom. The molecule has 2 aliphatic rings. The van der Waals surface area contributed by atoms with E-state index in [0.717, 1.165) is 0 Å². The molecule has 0 aliphatic heterocycles. The first-order valence-corrected chi connectivity index (χ1v) is 14.9. The Hall–Kier alpha value is -2.72. The van der Waals surface area contributed by atoms with Gasteiger partial charge >= 0.3 is 0 Å². The van der Waals surface area contributed by atoms with Gasteiger partial charge in [-0.05, 0) is 31.1 Å². The molecule has 0 saturated heterocycles. The van der Waals surface area contributed by atoms with Crippen molar-refractivity contribution >= 4 is 19.9 Å². The number of phenolic OH excluding ortho intramolecular Hbond substituents is 2. The van der Waals surface area contributed by atoms with Crippen molar-refractivity contribution in [2.75, 3.05) is 7.11 Å². The summed E-state index contributed by atoms with van der Waals surface area (Å²) in [5.74, 6) is -2.04. The van der Waals surface area contributed by atoms with Gasteiger partial charge in [-0.1, -0.05) is 32.9 Å². The lowest BCUT2D eigenvalue weighted by Crippen LogP contribution is -2.50. The second-order valence-electron chi connectivity index (χ2n) is 11.4. The van der Waals surface area contributed by atoms with Crippen LogP contribution in [0, 0.1) is 0 Å². The van der Waals surface area contributed by atoms with Crippen LogP contribution in [0.15, 0.2) is 18.2 Å². The summed E-state index contributed by atoms with van der Waals surface area (Å²) in [6.45, 7) is 11.6. The fourth-order valence-electron chi connectivity index (χ4n) is 4.90. The third-order valence-corrected chi connectivity index (χ3v) is 12.6. The van der Waals surface area contributed by atoms with E-state index in [-0.39, 0.29) is 57.0 Å². The van der Waals surface area contributed by atoms with Gasteiger partial charge in [-0.25, -0.2) is 0 Å². The summed E-state index contributed by atoms with van der Waals surface area (Å²) in [7, 11) is -1.11.